The number of nitrogens with zero attached hydrogens (tertiary/aromatic N) is 5. The van der Waals surface area contributed by atoms with Gasteiger partial charge in [-0.3, -0.25) is 4.79 Å². The number of aromatic nitrogens is 5. The molecule has 22 heavy (non-hydrogen) atoms. The molecule has 2 aliphatic carbocycles. The molecule has 0 bridgehead atoms. The summed E-state index contributed by atoms with van der Waals surface area (Å²) >= 11 is 0. The van der Waals surface area contributed by atoms with Gasteiger partial charge in [0, 0.05) is 12.1 Å². The van der Waals surface area contributed by atoms with Crippen LogP contribution in [-0.4, -0.2) is 43.2 Å². The molecule has 4 rings (SSSR count). The van der Waals surface area contributed by atoms with Crippen LogP contribution in [0.4, 0.5) is 6.01 Å². The van der Waals surface area contributed by atoms with Gasteiger partial charge in [-0.15, -0.1) is 10.2 Å². The molecule has 0 spiro atoms. The first-order valence-corrected chi connectivity index (χ1v) is 7.53. The second kappa shape index (κ2) is 5.39. The van der Waals surface area contributed by atoms with Crippen LogP contribution in [0.3, 0.4) is 0 Å². The largest absolute Gasteiger partial charge is 0.411 e. The van der Waals surface area contributed by atoms with E-state index in [2.05, 4.69) is 31.1 Å². The van der Waals surface area contributed by atoms with Crippen molar-refractivity contribution in [3.05, 3.63) is 18.3 Å². The Morgan fingerprint density at radius 2 is 2.14 bits per heavy atom. The molecule has 2 aliphatic rings. The van der Waals surface area contributed by atoms with Gasteiger partial charge in [-0.25, -0.2) is 4.68 Å². The van der Waals surface area contributed by atoms with Crippen molar-refractivity contribution in [3.8, 4) is 0 Å². The summed E-state index contributed by atoms with van der Waals surface area (Å²) in [6.45, 7) is 0. The Bertz CT molecular complexity index is 643. The summed E-state index contributed by atoms with van der Waals surface area (Å²) in [5.41, 5.74) is 0.389. The molecule has 0 unspecified atom stereocenters. The first kappa shape index (κ1) is 13.2. The fourth-order valence-corrected chi connectivity index (χ4v) is 2.73. The number of hydrogen-bond donors (Lipinski definition) is 2. The first-order chi connectivity index (χ1) is 10.8. The van der Waals surface area contributed by atoms with Gasteiger partial charge in [0.2, 0.25) is 6.39 Å². The van der Waals surface area contributed by atoms with E-state index in [4.69, 9.17) is 4.42 Å². The zero-order valence-electron chi connectivity index (χ0n) is 12.0. The highest BCUT2D eigenvalue weighted by molar-refractivity contribution is 5.92. The van der Waals surface area contributed by atoms with Crippen LogP contribution in [0.15, 0.2) is 17.0 Å². The third-order valence-electron chi connectivity index (χ3n) is 4.35. The minimum absolute atomic E-state index is 0.141. The number of carbonyl (C=O) groups excluding carboxylic acids is 1. The standard InChI is InChI=1S/C13H17N7O2/c21-12(11-6-20(19-17-11)10-2-1-3-10)15-8-4-9(5-8)16-13-18-14-7-22-13/h6-10H,1-5H2,(H,15,21)(H,16,18). The molecule has 2 fully saturated rings. The molecule has 2 saturated carbocycles. The number of nitrogens with one attached hydrogen (secondary N) is 2. The van der Waals surface area contributed by atoms with E-state index in [1.807, 2.05) is 0 Å². The molecule has 0 radical (unpaired) electrons. The maximum Gasteiger partial charge on any atom is 0.315 e. The SMILES string of the molecule is O=C(NC1CC(Nc2nnco2)C1)c1cn(C2CCC2)nn1. The van der Waals surface area contributed by atoms with Crippen LogP contribution in [0, 0.1) is 0 Å². The molecule has 2 N–H and O–H groups in total. The van der Waals surface area contributed by atoms with E-state index in [-0.39, 0.29) is 18.0 Å². The average molecular weight is 303 g/mol. The number of rotatable bonds is 5. The van der Waals surface area contributed by atoms with Crippen molar-refractivity contribution in [2.24, 2.45) is 0 Å². The average Bonchev–Trinajstić information content (AvgIpc) is 3.05. The Labute approximate surface area is 126 Å². The zero-order chi connectivity index (χ0) is 14.9. The molecule has 2 aromatic rings. The second-order valence-corrected chi connectivity index (χ2v) is 5.90. The van der Waals surface area contributed by atoms with Gasteiger partial charge in [0.1, 0.15) is 0 Å². The predicted molar refractivity (Wildman–Crippen MR) is 75.1 cm³/mol. The van der Waals surface area contributed by atoms with E-state index < -0.39 is 0 Å². The number of carbonyl (C=O) groups is 1. The molecular weight excluding hydrogens is 286 g/mol. The van der Waals surface area contributed by atoms with Crippen molar-refractivity contribution in [3.63, 3.8) is 0 Å². The van der Waals surface area contributed by atoms with Gasteiger partial charge < -0.3 is 15.1 Å². The minimum atomic E-state index is -0.160. The molecule has 9 heteroatoms. The van der Waals surface area contributed by atoms with E-state index in [1.165, 1.54) is 12.8 Å². The van der Waals surface area contributed by atoms with Crippen LogP contribution in [0.25, 0.3) is 0 Å². The smallest absolute Gasteiger partial charge is 0.315 e. The number of hydrogen-bond acceptors (Lipinski definition) is 7. The van der Waals surface area contributed by atoms with Gasteiger partial charge in [-0.05, 0) is 32.1 Å². The Balaban J connectivity index is 1.25. The van der Waals surface area contributed by atoms with E-state index in [1.54, 1.807) is 10.9 Å². The van der Waals surface area contributed by atoms with Crippen molar-refractivity contribution in [1.82, 2.24) is 30.5 Å². The van der Waals surface area contributed by atoms with Gasteiger partial charge in [0.15, 0.2) is 5.69 Å². The number of anilines is 1. The fourth-order valence-electron chi connectivity index (χ4n) is 2.73. The maximum absolute atomic E-state index is 12.1. The molecule has 1 amide bonds. The van der Waals surface area contributed by atoms with Crippen LogP contribution in [0.5, 0.6) is 0 Å². The summed E-state index contributed by atoms with van der Waals surface area (Å²) < 4.78 is 6.83. The molecular formula is C13H17N7O2. The van der Waals surface area contributed by atoms with Gasteiger partial charge in [-0.1, -0.05) is 10.3 Å². The Morgan fingerprint density at radius 3 is 2.82 bits per heavy atom. The van der Waals surface area contributed by atoms with Crippen LogP contribution in [0.1, 0.15) is 48.6 Å². The van der Waals surface area contributed by atoms with Crippen molar-refractivity contribution in [2.45, 2.75) is 50.2 Å². The van der Waals surface area contributed by atoms with E-state index in [9.17, 15) is 4.79 Å². The molecule has 0 aromatic carbocycles. The zero-order valence-corrected chi connectivity index (χ0v) is 12.0. The lowest BCUT2D eigenvalue weighted by atomic mass is 9.87. The summed E-state index contributed by atoms with van der Waals surface area (Å²) in [5, 5.41) is 21.5. The van der Waals surface area contributed by atoms with Crippen LogP contribution < -0.4 is 10.6 Å². The van der Waals surface area contributed by atoms with Crippen molar-refractivity contribution in [1.29, 1.82) is 0 Å². The summed E-state index contributed by atoms with van der Waals surface area (Å²) in [6, 6.07) is 1.22. The Kier molecular flexibility index (Phi) is 3.24. The maximum atomic E-state index is 12.1. The highest BCUT2D eigenvalue weighted by Gasteiger charge is 2.32. The Hall–Kier alpha value is -2.45. The summed E-state index contributed by atoms with van der Waals surface area (Å²) in [4.78, 5) is 12.1. The van der Waals surface area contributed by atoms with E-state index in [0.29, 0.717) is 17.8 Å². The molecule has 2 aromatic heterocycles. The van der Waals surface area contributed by atoms with E-state index in [0.717, 1.165) is 25.7 Å². The van der Waals surface area contributed by atoms with Crippen molar-refractivity contribution in [2.75, 3.05) is 5.32 Å². The van der Waals surface area contributed by atoms with E-state index >= 15 is 0 Å². The fraction of sp³-hybridized carbons (Fsp3) is 0.615. The normalized spacial score (nSPS) is 24.4. The van der Waals surface area contributed by atoms with Gasteiger partial charge >= 0.3 is 6.01 Å². The third kappa shape index (κ3) is 2.53. The highest BCUT2D eigenvalue weighted by Crippen LogP contribution is 2.30. The summed E-state index contributed by atoms with van der Waals surface area (Å²) in [7, 11) is 0. The predicted octanol–water partition coefficient (Wildman–Crippen LogP) is 0.759. The quantitative estimate of drug-likeness (QED) is 0.838. The summed E-state index contributed by atoms with van der Waals surface area (Å²) in [5.74, 6) is -0.160. The number of amides is 1. The van der Waals surface area contributed by atoms with Crippen molar-refractivity contribution >= 4 is 11.9 Å². The van der Waals surface area contributed by atoms with Gasteiger partial charge in [-0.2, -0.15) is 0 Å². The monoisotopic (exact) mass is 303 g/mol. The van der Waals surface area contributed by atoms with Crippen LogP contribution in [0.2, 0.25) is 0 Å². The highest BCUT2D eigenvalue weighted by atomic mass is 16.4. The minimum Gasteiger partial charge on any atom is -0.411 e. The topological polar surface area (TPSA) is 111 Å². The second-order valence-electron chi connectivity index (χ2n) is 5.90. The van der Waals surface area contributed by atoms with Gasteiger partial charge in [0.25, 0.3) is 5.91 Å². The molecule has 0 atom stereocenters. The lowest BCUT2D eigenvalue weighted by Gasteiger charge is -2.35. The lowest BCUT2D eigenvalue weighted by Crippen LogP contribution is -2.49. The van der Waals surface area contributed by atoms with Crippen LogP contribution >= 0.6 is 0 Å². The van der Waals surface area contributed by atoms with Crippen molar-refractivity contribution < 1.29 is 9.21 Å². The lowest BCUT2D eigenvalue weighted by molar-refractivity contribution is 0.0907. The summed E-state index contributed by atoms with van der Waals surface area (Å²) in [6.07, 6.45) is 8.14. The van der Waals surface area contributed by atoms with Gasteiger partial charge in [0.05, 0.1) is 12.2 Å². The van der Waals surface area contributed by atoms with Crippen LogP contribution in [-0.2, 0) is 0 Å². The molecule has 9 nitrogen and oxygen atoms in total. The molecule has 0 saturated heterocycles. The molecule has 0 aliphatic heterocycles. The Morgan fingerprint density at radius 1 is 1.27 bits per heavy atom. The first-order valence-electron chi connectivity index (χ1n) is 7.53. The molecule has 116 valence electrons. The third-order valence-corrected chi connectivity index (χ3v) is 4.35. The molecule has 2 heterocycles.